The molecule has 3 heterocycles. The maximum absolute atomic E-state index is 15.0. The van der Waals surface area contributed by atoms with Crippen molar-refractivity contribution in [2.75, 3.05) is 13.2 Å². The second-order valence-corrected chi connectivity index (χ2v) is 11.2. The molecule has 3 aromatic carbocycles. The zero-order valence-corrected chi connectivity index (χ0v) is 25.4. The summed E-state index contributed by atoms with van der Waals surface area (Å²) in [6, 6.07) is 22.0. The summed E-state index contributed by atoms with van der Waals surface area (Å²) in [5, 5.41) is 9.18. The van der Waals surface area contributed by atoms with Gasteiger partial charge >= 0.3 is 0 Å². The van der Waals surface area contributed by atoms with Crippen LogP contribution in [0.1, 0.15) is 36.7 Å². The number of halogens is 1. The largest absolute Gasteiger partial charge is 0.491 e. The molecule has 0 saturated heterocycles. The zero-order chi connectivity index (χ0) is 31.2. The van der Waals surface area contributed by atoms with Crippen LogP contribution >= 0.6 is 11.3 Å². The number of hydrogen-bond donors (Lipinski definition) is 0. The lowest BCUT2D eigenvalue weighted by Gasteiger charge is -2.08. The second kappa shape index (κ2) is 13.5. The van der Waals surface area contributed by atoms with E-state index >= 15 is 4.39 Å². The number of unbranched alkanes of at least 4 members (excludes halogenated alkanes) is 1. The Kier molecular flexibility index (Phi) is 8.93. The van der Waals surface area contributed by atoms with Crippen molar-refractivity contribution < 1.29 is 13.9 Å². The highest BCUT2D eigenvalue weighted by Crippen LogP contribution is 2.29. The smallest absolute Gasteiger partial charge is 0.291 e. The Hall–Kier alpha value is -5.35. The third-order valence-corrected chi connectivity index (χ3v) is 7.84. The first-order valence-electron chi connectivity index (χ1n) is 14.5. The first-order valence-corrected chi connectivity index (χ1v) is 15.3. The van der Waals surface area contributed by atoms with E-state index in [-0.39, 0.29) is 11.3 Å². The maximum Gasteiger partial charge on any atom is 0.291 e. The molecule has 6 aromatic rings. The van der Waals surface area contributed by atoms with Crippen LogP contribution in [0.3, 0.4) is 0 Å². The monoisotopic (exact) mass is 619 g/mol. The van der Waals surface area contributed by atoms with Crippen LogP contribution in [0.25, 0.3) is 40.1 Å². The van der Waals surface area contributed by atoms with E-state index in [1.54, 1.807) is 35.0 Å². The van der Waals surface area contributed by atoms with Crippen molar-refractivity contribution >= 4 is 34.5 Å². The summed E-state index contributed by atoms with van der Waals surface area (Å²) in [6.07, 6.45) is 10.7. The minimum atomic E-state index is -0.468. The van der Waals surface area contributed by atoms with Crippen LogP contribution in [0.2, 0.25) is 0 Å². The van der Waals surface area contributed by atoms with Gasteiger partial charge in [0.25, 0.3) is 5.56 Å². The molecule has 0 spiro atoms. The number of aromatic nitrogens is 5. The summed E-state index contributed by atoms with van der Waals surface area (Å²) in [5.41, 5.74) is 3.22. The zero-order valence-electron chi connectivity index (χ0n) is 24.6. The molecule has 226 valence electrons. The number of ether oxygens (including phenoxy) is 2. The number of fused-ring (bicyclic) bond motifs is 1. The average Bonchev–Trinajstić information content (AvgIpc) is 3.75. The quantitative estimate of drug-likeness (QED) is 0.113. The Morgan fingerprint density at radius 3 is 2.56 bits per heavy atom. The summed E-state index contributed by atoms with van der Waals surface area (Å²) in [4.78, 5) is 18.4. The van der Waals surface area contributed by atoms with Gasteiger partial charge in [0.2, 0.25) is 4.96 Å². The number of nitrogens with zero attached hydrogens (tertiary/aromatic N) is 5. The van der Waals surface area contributed by atoms with Crippen molar-refractivity contribution in [1.82, 2.24) is 24.4 Å². The van der Waals surface area contributed by atoms with E-state index in [9.17, 15) is 4.79 Å². The molecule has 0 N–H and O–H groups in total. The summed E-state index contributed by atoms with van der Waals surface area (Å²) < 4.78 is 29.6. The predicted molar refractivity (Wildman–Crippen MR) is 176 cm³/mol. The molecule has 0 bridgehead atoms. The van der Waals surface area contributed by atoms with Crippen LogP contribution in [0.4, 0.5) is 4.39 Å². The first kappa shape index (κ1) is 29.7. The Balaban J connectivity index is 1.32. The lowest BCUT2D eigenvalue weighted by atomic mass is 10.1. The molecule has 0 aliphatic rings. The number of para-hydroxylation sites is 1. The molecule has 3 aromatic heterocycles. The summed E-state index contributed by atoms with van der Waals surface area (Å²) in [6.45, 7) is 6.60. The minimum absolute atomic E-state index is 0.201. The van der Waals surface area contributed by atoms with Gasteiger partial charge in [0.05, 0.1) is 16.8 Å². The molecule has 0 aliphatic carbocycles. The minimum Gasteiger partial charge on any atom is -0.491 e. The van der Waals surface area contributed by atoms with Gasteiger partial charge in [-0.25, -0.2) is 9.07 Å². The predicted octanol–water partition coefficient (Wildman–Crippen LogP) is 6.60. The molecule has 45 heavy (non-hydrogen) atoms. The molecule has 6 rings (SSSR count). The van der Waals surface area contributed by atoms with E-state index in [1.807, 2.05) is 66.9 Å². The Bertz CT molecular complexity index is 2080. The van der Waals surface area contributed by atoms with E-state index < -0.39 is 5.82 Å². The fourth-order valence-electron chi connectivity index (χ4n) is 4.58. The highest BCUT2D eigenvalue weighted by atomic mass is 32.1. The number of benzene rings is 3. The molecular formula is C35H30FN5O3S. The molecule has 0 fully saturated rings. The van der Waals surface area contributed by atoms with Gasteiger partial charge in [-0.05, 0) is 66.6 Å². The molecule has 10 heteroatoms. The van der Waals surface area contributed by atoms with Gasteiger partial charge in [-0.3, -0.25) is 4.79 Å². The van der Waals surface area contributed by atoms with Gasteiger partial charge in [-0.1, -0.05) is 73.7 Å². The standard InChI is InChI=1S/C35H30FN5O3S/c1-3-5-20-44-30-17-14-25(21-29(30)36)33-26(23-40(39-33)27-9-7-6-8-10-27)22-31-34(42)41-35(45-31)37-32(38-41)18-13-24-11-15-28(16-12-24)43-19-4-2/h4,6-18,21-23H,2-3,5,19-20H2,1H3/b18-13+,31-22-. The average molecular weight is 620 g/mol. The maximum atomic E-state index is 15.0. The highest BCUT2D eigenvalue weighted by Gasteiger charge is 2.16. The van der Waals surface area contributed by atoms with Crippen molar-refractivity contribution in [3.63, 3.8) is 0 Å². The van der Waals surface area contributed by atoms with Crippen LogP contribution < -0.4 is 19.6 Å². The van der Waals surface area contributed by atoms with E-state index in [0.29, 0.717) is 45.4 Å². The van der Waals surface area contributed by atoms with Crippen LogP contribution in [0, 0.1) is 5.82 Å². The van der Waals surface area contributed by atoms with Crippen LogP contribution in [-0.2, 0) is 0 Å². The fraction of sp³-hybridized carbons (Fsp3) is 0.143. The highest BCUT2D eigenvalue weighted by molar-refractivity contribution is 7.15. The van der Waals surface area contributed by atoms with Crippen molar-refractivity contribution in [2.45, 2.75) is 19.8 Å². The summed E-state index contributed by atoms with van der Waals surface area (Å²) in [5.74, 6) is 0.909. The molecule has 0 atom stereocenters. The molecule has 0 radical (unpaired) electrons. The second-order valence-electron chi connectivity index (χ2n) is 10.1. The van der Waals surface area contributed by atoms with Gasteiger partial charge in [0.1, 0.15) is 18.1 Å². The van der Waals surface area contributed by atoms with E-state index in [1.165, 1.54) is 21.9 Å². The Labute approximate surface area is 263 Å². The van der Waals surface area contributed by atoms with E-state index in [4.69, 9.17) is 14.6 Å². The molecule has 0 saturated carbocycles. The summed E-state index contributed by atoms with van der Waals surface area (Å²) in [7, 11) is 0. The molecule has 8 nitrogen and oxygen atoms in total. The van der Waals surface area contributed by atoms with E-state index in [0.717, 1.165) is 29.8 Å². The van der Waals surface area contributed by atoms with Gasteiger partial charge in [0.15, 0.2) is 17.4 Å². The molecule has 0 unspecified atom stereocenters. The van der Waals surface area contributed by atoms with Gasteiger partial charge < -0.3 is 9.47 Å². The Morgan fingerprint density at radius 1 is 1.00 bits per heavy atom. The number of thiazole rings is 1. The number of rotatable bonds is 12. The van der Waals surface area contributed by atoms with Gasteiger partial charge in [-0.15, -0.1) is 5.10 Å². The van der Waals surface area contributed by atoms with Crippen molar-refractivity contribution in [3.05, 3.63) is 129 Å². The SMILES string of the molecule is C=CCOc1ccc(/C=C/c2nc3s/c(=C\c4cn(-c5ccccc5)nc4-c4ccc(OCCCC)c(F)c4)c(=O)n3n2)cc1. The van der Waals surface area contributed by atoms with Crippen LogP contribution in [0.15, 0.2) is 96.4 Å². The third kappa shape index (κ3) is 6.76. The van der Waals surface area contributed by atoms with Gasteiger partial charge in [-0.2, -0.15) is 14.6 Å². The normalized spacial score (nSPS) is 11.9. The molecular weight excluding hydrogens is 589 g/mol. The van der Waals surface area contributed by atoms with Crippen molar-refractivity contribution in [2.24, 2.45) is 0 Å². The van der Waals surface area contributed by atoms with Gasteiger partial charge in [0, 0.05) is 17.3 Å². The topological polar surface area (TPSA) is 83.5 Å². The van der Waals surface area contributed by atoms with E-state index in [2.05, 4.69) is 23.6 Å². The third-order valence-electron chi connectivity index (χ3n) is 6.88. The summed E-state index contributed by atoms with van der Waals surface area (Å²) >= 11 is 1.23. The lowest BCUT2D eigenvalue weighted by molar-refractivity contribution is 0.294. The van der Waals surface area contributed by atoms with Crippen molar-refractivity contribution in [1.29, 1.82) is 0 Å². The van der Waals surface area contributed by atoms with Crippen LogP contribution in [0.5, 0.6) is 11.5 Å². The number of hydrogen-bond acceptors (Lipinski definition) is 7. The molecule has 0 amide bonds. The lowest BCUT2D eigenvalue weighted by Crippen LogP contribution is -2.23. The van der Waals surface area contributed by atoms with Crippen molar-refractivity contribution in [3.8, 4) is 28.4 Å². The molecule has 0 aliphatic heterocycles. The Morgan fingerprint density at radius 2 is 1.82 bits per heavy atom. The first-order chi connectivity index (χ1) is 22.0. The van der Waals surface area contributed by atoms with Crippen LogP contribution in [-0.4, -0.2) is 37.6 Å². The fourth-order valence-corrected chi connectivity index (χ4v) is 5.49.